The highest BCUT2D eigenvalue weighted by molar-refractivity contribution is 5.67. The Hall–Kier alpha value is -0.570. The second-order valence-corrected chi connectivity index (χ2v) is 4.21. The number of hydrogen-bond acceptors (Lipinski definition) is 2. The van der Waals surface area contributed by atoms with Crippen molar-refractivity contribution in [3.63, 3.8) is 0 Å². The summed E-state index contributed by atoms with van der Waals surface area (Å²) in [4.78, 5) is 10.4. The van der Waals surface area contributed by atoms with Crippen molar-refractivity contribution in [3.05, 3.63) is 0 Å². The number of rotatable bonds is 2. The lowest BCUT2D eigenvalue weighted by atomic mass is 9.81. The monoisotopic (exact) mass is 172 g/mol. The van der Waals surface area contributed by atoms with Gasteiger partial charge in [0.2, 0.25) is 0 Å². The Morgan fingerprint density at radius 2 is 2.33 bits per heavy atom. The van der Waals surface area contributed by atoms with Crippen LogP contribution in [0.1, 0.15) is 33.1 Å². The maximum Gasteiger partial charge on any atom is 0.305 e. The number of hydrogen-bond donors (Lipinski definition) is 1. The van der Waals surface area contributed by atoms with Crippen molar-refractivity contribution < 1.29 is 14.6 Å². The molecule has 0 aromatic carbocycles. The second-order valence-electron chi connectivity index (χ2n) is 4.21. The van der Waals surface area contributed by atoms with Gasteiger partial charge in [-0.25, -0.2) is 0 Å². The highest BCUT2D eigenvalue weighted by Crippen LogP contribution is 2.33. The van der Waals surface area contributed by atoms with E-state index in [1.807, 2.05) is 0 Å². The van der Waals surface area contributed by atoms with Crippen LogP contribution in [-0.2, 0) is 9.53 Å². The first kappa shape index (κ1) is 9.52. The minimum Gasteiger partial charge on any atom is -0.481 e. The third kappa shape index (κ3) is 2.81. The van der Waals surface area contributed by atoms with Crippen LogP contribution in [0.5, 0.6) is 0 Å². The summed E-state index contributed by atoms with van der Waals surface area (Å²) >= 11 is 0. The van der Waals surface area contributed by atoms with Gasteiger partial charge in [0.1, 0.15) is 0 Å². The van der Waals surface area contributed by atoms with Crippen LogP contribution in [0.4, 0.5) is 0 Å². The lowest BCUT2D eigenvalue weighted by molar-refractivity contribution is -0.142. The molecule has 1 saturated heterocycles. The van der Waals surface area contributed by atoms with Crippen LogP contribution in [-0.4, -0.2) is 23.8 Å². The van der Waals surface area contributed by atoms with Crippen LogP contribution in [0.2, 0.25) is 0 Å². The molecule has 3 heteroatoms. The van der Waals surface area contributed by atoms with E-state index < -0.39 is 5.97 Å². The van der Waals surface area contributed by atoms with Crippen molar-refractivity contribution in [2.45, 2.75) is 39.2 Å². The summed E-state index contributed by atoms with van der Waals surface area (Å²) in [6.07, 6.45) is 1.96. The quantitative estimate of drug-likeness (QED) is 0.689. The van der Waals surface area contributed by atoms with Crippen LogP contribution in [0.15, 0.2) is 0 Å². The van der Waals surface area contributed by atoms with Gasteiger partial charge in [0.15, 0.2) is 0 Å². The molecule has 0 aliphatic carbocycles. The minimum absolute atomic E-state index is 0.0775. The van der Waals surface area contributed by atoms with Gasteiger partial charge in [0.25, 0.3) is 0 Å². The van der Waals surface area contributed by atoms with Gasteiger partial charge < -0.3 is 9.84 Å². The summed E-state index contributed by atoms with van der Waals surface area (Å²) in [7, 11) is 0. The van der Waals surface area contributed by atoms with Crippen LogP contribution < -0.4 is 0 Å². The topological polar surface area (TPSA) is 46.5 Å². The molecule has 0 bridgehead atoms. The Morgan fingerprint density at radius 3 is 2.83 bits per heavy atom. The van der Waals surface area contributed by atoms with Gasteiger partial charge in [-0.1, -0.05) is 13.8 Å². The largest absolute Gasteiger partial charge is 0.481 e. The van der Waals surface area contributed by atoms with Crippen molar-refractivity contribution >= 4 is 5.97 Å². The molecule has 0 amide bonds. The molecule has 1 atom stereocenters. The molecule has 0 radical (unpaired) electrons. The first-order valence-electron chi connectivity index (χ1n) is 4.33. The Kier molecular flexibility index (Phi) is 2.73. The molecule has 0 saturated carbocycles. The first-order valence-corrected chi connectivity index (χ1v) is 4.33. The number of carboxylic acid groups (broad SMARTS) is 1. The van der Waals surface area contributed by atoms with Gasteiger partial charge in [-0.2, -0.15) is 0 Å². The molecule has 1 fully saturated rings. The summed E-state index contributed by atoms with van der Waals surface area (Å²) in [5.41, 5.74) is 0.248. The summed E-state index contributed by atoms with van der Waals surface area (Å²) in [5.74, 6) is -0.766. The van der Waals surface area contributed by atoms with Gasteiger partial charge in [0, 0.05) is 6.61 Å². The molecule has 0 aromatic heterocycles. The van der Waals surface area contributed by atoms with E-state index in [1.165, 1.54) is 0 Å². The van der Waals surface area contributed by atoms with Crippen molar-refractivity contribution in [1.82, 2.24) is 0 Å². The highest BCUT2D eigenvalue weighted by Gasteiger charge is 2.29. The molecule has 3 nitrogen and oxygen atoms in total. The molecular weight excluding hydrogens is 156 g/mol. The maximum atomic E-state index is 10.4. The molecule has 1 aliphatic heterocycles. The van der Waals surface area contributed by atoms with Crippen molar-refractivity contribution in [2.75, 3.05) is 6.61 Å². The van der Waals surface area contributed by atoms with E-state index in [1.54, 1.807) is 0 Å². The van der Waals surface area contributed by atoms with E-state index >= 15 is 0 Å². The summed E-state index contributed by atoms with van der Waals surface area (Å²) < 4.78 is 5.34. The van der Waals surface area contributed by atoms with E-state index in [0.29, 0.717) is 6.61 Å². The Labute approximate surface area is 72.7 Å². The third-order valence-corrected chi connectivity index (χ3v) is 2.31. The smallest absolute Gasteiger partial charge is 0.305 e. The molecule has 1 N–H and O–H groups in total. The Balaban J connectivity index is 2.41. The van der Waals surface area contributed by atoms with Crippen LogP contribution in [0.3, 0.4) is 0 Å². The highest BCUT2D eigenvalue weighted by atomic mass is 16.5. The van der Waals surface area contributed by atoms with Gasteiger partial charge in [-0.3, -0.25) is 4.79 Å². The van der Waals surface area contributed by atoms with Crippen LogP contribution in [0.25, 0.3) is 0 Å². The Bertz CT molecular complexity index is 175. The summed E-state index contributed by atoms with van der Waals surface area (Å²) in [6, 6.07) is 0. The molecule has 12 heavy (non-hydrogen) atoms. The number of carboxylic acids is 1. The SMILES string of the molecule is CC1(C)CCOC(CC(=O)O)C1. The van der Waals surface area contributed by atoms with Gasteiger partial charge in [-0.15, -0.1) is 0 Å². The zero-order chi connectivity index (χ0) is 9.19. The van der Waals surface area contributed by atoms with Crippen LogP contribution in [0, 0.1) is 5.41 Å². The predicted octanol–water partition coefficient (Wildman–Crippen LogP) is 1.67. The predicted molar refractivity (Wildman–Crippen MR) is 45.0 cm³/mol. The van der Waals surface area contributed by atoms with E-state index in [2.05, 4.69) is 13.8 Å². The molecule has 0 aromatic rings. The van der Waals surface area contributed by atoms with Crippen molar-refractivity contribution in [1.29, 1.82) is 0 Å². The van der Waals surface area contributed by atoms with Crippen LogP contribution >= 0.6 is 0 Å². The average molecular weight is 172 g/mol. The normalized spacial score (nSPS) is 28.3. The van der Waals surface area contributed by atoms with E-state index in [9.17, 15) is 4.79 Å². The molecule has 1 aliphatic rings. The molecular formula is C9H16O3. The second kappa shape index (κ2) is 3.44. The number of ether oxygens (including phenoxy) is 1. The maximum absolute atomic E-state index is 10.4. The molecule has 70 valence electrons. The lowest BCUT2D eigenvalue weighted by Crippen LogP contribution is -2.32. The minimum atomic E-state index is -0.766. The molecule has 0 spiro atoms. The zero-order valence-electron chi connectivity index (χ0n) is 7.67. The summed E-state index contributed by atoms with van der Waals surface area (Å²) in [6.45, 7) is 5.01. The van der Waals surface area contributed by atoms with E-state index in [4.69, 9.17) is 9.84 Å². The fourth-order valence-corrected chi connectivity index (χ4v) is 1.61. The van der Waals surface area contributed by atoms with Crippen molar-refractivity contribution in [2.24, 2.45) is 5.41 Å². The fourth-order valence-electron chi connectivity index (χ4n) is 1.61. The molecule has 1 rings (SSSR count). The number of aliphatic carboxylic acids is 1. The van der Waals surface area contributed by atoms with Crippen molar-refractivity contribution in [3.8, 4) is 0 Å². The average Bonchev–Trinajstić information content (AvgIpc) is 1.82. The molecule has 1 heterocycles. The summed E-state index contributed by atoms with van der Waals surface area (Å²) in [5, 5.41) is 8.56. The van der Waals surface area contributed by atoms with Gasteiger partial charge >= 0.3 is 5.97 Å². The van der Waals surface area contributed by atoms with Gasteiger partial charge in [0.05, 0.1) is 12.5 Å². The number of carbonyl (C=O) groups is 1. The Morgan fingerprint density at radius 1 is 1.67 bits per heavy atom. The van der Waals surface area contributed by atoms with E-state index in [-0.39, 0.29) is 17.9 Å². The molecule has 1 unspecified atom stereocenters. The van der Waals surface area contributed by atoms with Gasteiger partial charge in [-0.05, 0) is 18.3 Å². The first-order chi connectivity index (χ1) is 5.49. The third-order valence-electron chi connectivity index (χ3n) is 2.31. The zero-order valence-corrected chi connectivity index (χ0v) is 7.67. The van der Waals surface area contributed by atoms with E-state index in [0.717, 1.165) is 12.8 Å². The standard InChI is InChI=1S/C9H16O3/c1-9(2)3-4-12-7(6-9)5-8(10)11/h7H,3-6H2,1-2H3,(H,10,11). The lowest BCUT2D eigenvalue weighted by Gasteiger charge is -2.34. The fraction of sp³-hybridized carbons (Fsp3) is 0.889.